The van der Waals surface area contributed by atoms with Crippen LogP contribution in [0.15, 0.2) is 47.4 Å². The summed E-state index contributed by atoms with van der Waals surface area (Å²) in [6.07, 6.45) is 1.45. The number of aromatic amines is 1. The van der Waals surface area contributed by atoms with Crippen LogP contribution in [0.2, 0.25) is 0 Å². The van der Waals surface area contributed by atoms with Gasteiger partial charge in [0.2, 0.25) is 0 Å². The Balaban J connectivity index is 2.15. The summed E-state index contributed by atoms with van der Waals surface area (Å²) >= 11 is 0. The van der Waals surface area contributed by atoms with E-state index in [0.717, 1.165) is 11.3 Å². The molecule has 1 heterocycles. The molecule has 0 aliphatic rings. The van der Waals surface area contributed by atoms with Crippen LogP contribution in [0.4, 0.5) is 0 Å². The van der Waals surface area contributed by atoms with Crippen molar-refractivity contribution >= 4 is 5.91 Å². The average Bonchev–Trinajstić information content (AvgIpc) is 2.39. The van der Waals surface area contributed by atoms with Crippen LogP contribution >= 0.6 is 0 Å². The highest BCUT2D eigenvalue weighted by molar-refractivity contribution is 5.94. The number of aryl methyl sites for hydroxylation is 1. The summed E-state index contributed by atoms with van der Waals surface area (Å²) < 4.78 is 0. The lowest BCUT2D eigenvalue weighted by Crippen LogP contribution is -2.30. The van der Waals surface area contributed by atoms with Gasteiger partial charge in [-0.15, -0.1) is 0 Å². The minimum Gasteiger partial charge on any atom is -0.364 e. The van der Waals surface area contributed by atoms with Crippen molar-refractivity contribution in [2.75, 3.05) is 0 Å². The molecule has 1 atom stereocenters. The van der Waals surface area contributed by atoms with Gasteiger partial charge in [0.1, 0.15) is 5.56 Å². The van der Waals surface area contributed by atoms with E-state index in [2.05, 4.69) is 10.3 Å². The Hall–Kier alpha value is -2.36. The molecule has 1 amide bonds. The van der Waals surface area contributed by atoms with Crippen molar-refractivity contribution in [2.45, 2.75) is 19.9 Å². The molecule has 19 heavy (non-hydrogen) atoms. The molecule has 4 nitrogen and oxygen atoms in total. The Kier molecular flexibility index (Phi) is 3.80. The first kappa shape index (κ1) is 13.1. The van der Waals surface area contributed by atoms with E-state index in [4.69, 9.17) is 0 Å². The molecular weight excluding hydrogens is 240 g/mol. The van der Waals surface area contributed by atoms with Crippen LogP contribution < -0.4 is 10.7 Å². The first-order chi connectivity index (χ1) is 9.08. The maximum atomic E-state index is 12.0. The van der Waals surface area contributed by atoms with Gasteiger partial charge in [-0.2, -0.15) is 0 Å². The smallest absolute Gasteiger partial charge is 0.257 e. The van der Waals surface area contributed by atoms with E-state index in [0.29, 0.717) is 0 Å². The van der Waals surface area contributed by atoms with E-state index >= 15 is 0 Å². The number of amides is 1. The van der Waals surface area contributed by atoms with Crippen LogP contribution in [0.25, 0.3) is 0 Å². The maximum absolute atomic E-state index is 12.0. The molecule has 1 aromatic carbocycles. The van der Waals surface area contributed by atoms with Gasteiger partial charge >= 0.3 is 0 Å². The van der Waals surface area contributed by atoms with Gasteiger partial charge in [0.25, 0.3) is 5.91 Å². The second-order valence-corrected chi connectivity index (χ2v) is 4.50. The molecule has 0 saturated carbocycles. The number of aromatic nitrogens is 1. The summed E-state index contributed by atoms with van der Waals surface area (Å²) in [7, 11) is 0. The number of rotatable bonds is 3. The molecule has 0 fully saturated rings. The zero-order chi connectivity index (χ0) is 13.8. The number of carbonyl (C=O) groups excluding carboxylic acids is 1. The topological polar surface area (TPSA) is 62.0 Å². The number of hydrogen-bond acceptors (Lipinski definition) is 2. The molecular formula is C15H16N2O2. The van der Waals surface area contributed by atoms with Crippen LogP contribution in [0.5, 0.6) is 0 Å². The molecule has 0 spiro atoms. The Morgan fingerprint density at radius 2 is 1.95 bits per heavy atom. The van der Waals surface area contributed by atoms with E-state index in [1.807, 2.05) is 37.3 Å². The average molecular weight is 256 g/mol. The molecule has 2 rings (SSSR count). The van der Waals surface area contributed by atoms with E-state index in [-0.39, 0.29) is 22.9 Å². The minimum absolute atomic E-state index is 0.133. The summed E-state index contributed by atoms with van der Waals surface area (Å²) in [6, 6.07) is 10.9. The highest BCUT2D eigenvalue weighted by atomic mass is 16.2. The molecule has 98 valence electrons. The first-order valence-electron chi connectivity index (χ1n) is 6.13. The van der Waals surface area contributed by atoms with Crippen LogP contribution in [0.3, 0.4) is 0 Å². The largest absolute Gasteiger partial charge is 0.364 e. The number of nitrogens with one attached hydrogen (secondary N) is 2. The fourth-order valence-corrected chi connectivity index (χ4v) is 1.85. The Morgan fingerprint density at radius 3 is 2.58 bits per heavy atom. The number of H-pyrrole nitrogens is 1. The van der Waals surface area contributed by atoms with Gasteiger partial charge in [-0.3, -0.25) is 9.59 Å². The Bertz CT molecular complexity index is 632. The zero-order valence-electron chi connectivity index (χ0n) is 10.9. The van der Waals surface area contributed by atoms with E-state index in [1.54, 1.807) is 6.92 Å². The highest BCUT2D eigenvalue weighted by Crippen LogP contribution is 2.11. The molecule has 1 aromatic heterocycles. The molecule has 0 bridgehead atoms. The molecule has 0 radical (unpaired) electrons. The third-order valence-corrected chi connectivity index (χ3v) is 2.95. The van der Waals surface area contributed by atoms with Crippen molar-refractivity contribution in [3.63, 3.8) is 0 Å². The summed E-state index contributed by atoms with van der Waals surface area (Å²) in [6.45, 7) is 3.66. The molecule has 2 N–H and O–H groups in total. The predicted octanol–water partition coefficient (Wildman–Crippen LogP) is 2.17. The second kappa shape index (κ2) is 5.52. The van der Waals surface area contributed by atoms with Crippen molar-refractivity contribution < 1.29 is 4.79 Å². The van der Waals surface area contributed by atoms with Gasteiger partial charge in [0, 0.05) is 18.0 Å². The van der Waals surface area contributed by atoms with Gasteiger partial charge in [0.05, 0.1) is 6.04 Å². The van der Waals surface area contributed by atoms with Gasteiger partial charge in [-0.25, -0.2) is 0 Å². The van der Waals surface area contributed by atoms with Crippen molar-refractivity contribution in [1.29, 1.82) is 0 Å². The van der Waals surface area contributed by atoms with Crippen LogP contribution in [0, 0.1) is 6.92 Å². The summed E-state index contributed by atoms with van der Waals surface area (Å²) in [5, 5.41) is 2.81. The zero-order valence-corrected chi connectivity index (χ0v) is 10.9. The first-order valence-corrected chi connectivity index (χ1v) is 6.13. The summed E-state index contributed by atoms with van der Waals surface area (Å²) in [5.41, 5.74) is 1.60. The molecule has 0 aliphatic heterocycles. The number of benzene rings is 1. The van der Waals surface area contributed by atoms with Crippen molar-refractivity contribution in [3.05, 3.63) is 69.6 Å². The quantitative estimate of drug-likeness (QED) is 0.884. The molecule has 2 aromatic rings. The monoisotopic (exact) mass is 256 g/mol. The SMILES string of the molecule is Cc1cc(=O)c(C(=O)NC(C)c2ccccc2)c[nH]1. The fourth-order valence-electron chi connectivity index (χ4n) is 1.85. The molecule has 1 unspecified atom stereocenters. The molecule has 4 heteroatoms. The minimum atomic E-state index is -0.363. The number of carbonyl (C=O) groups is 1. The van der Waals surface area contributed by atoms with Crippen molar-refractivity contribution in [2.24, 2.45) is 0 Å². The fraction of sp³-hybridized carbons (Fsp3) is 0.200. The lowest BCUT2D eigenvalue weighted by atomic mass is 10.1. The third kappa shape index (κ3) is 3.10. The van der Waals surface area contributed by atoms with Gasteiger partial charge in [-0.05, 0) is 19.4 Å². The van der Waals surface area contributed by atoms with Crippen LogP contribution in [-0.4, -0.2) is 10.9 Å². The second-order valence-electron chi connectivity index (χ2n) is 4.50. The van der Waals surface area contributed by atoms with E-state index in [1.165, 1.54) is 12.3 Å². The van der Waals surface area contributed by atoms with E-state index < -0.39 is 0 Å². The van der Waals surface area contributed by atoms with Crippen LogP contribution in [0.1, 0.15) is 34.6 Å². The highest BCUT2D eigenvalue weighted by Gasteiger charge is 2.13. The van der Waals surface area contributed by atoms with Crippen molar-refractivity contribution in [1.82, 2.24) is 10.3 Å². The normalized spacial score (nSPS) is 11.9. The maximum Gasteiger partial charge on any atom is 0.257 e. The number of hydrogen-bond donors (Lipinski definition) is 2. The lowest BCUT2D eigenvalue weighted by Gasteiger charge is -2.14. The van der Waals surface area contributed by atoms with Gasteiger partial charge in [0.15, 0.2) is 5.43 Å². The Labute approximate surface area is 111 Å². The van der Waals surface area contributed by atoms with Crippen LogP contribution in [-0.2, 0) is 0 Å². The van der Waals surface area contributed by atoms with Gasteiger partial charge < -0.3 is 10.3 Å². The van der Waals surface area contributed by atoms with Crippen molar-refractivity contribution in [3.8, 4) is 0 Å². The summed E-state index contributed by atoms with van der Waals surface area (Å²) in [5.74, 6) is -0.363. The Morgan fingerprint density at radius 1 is 1.26 bits per heavy atom. The standard InChI is InChI=1S/C15H16N2O2/c1-10-8-14(18)13(9-16-10)15(19)17-11(2)12-6-4-3-5-7-12/h3-9,11H,1-2H3,(H,16,18)(H,17,19). The summed E-state index contributed by atoms with van der Waals surface area (Å²) in [4.78, 5) is 26.6. The molecule has 0 aliphatic carbocycles. The van der Waals surface area contributed by atoms with E-state index in [9.17, 15) is 9.59 Å². The van der Waals surface area contributed by atoms with Gasteiger partial charge in [-0.1, -0.05) is 30.3 Å². The molecule has 0 saturated heterocycles. The third-order valence-electron chi connectivity index (χ3n) is 2.95. The lowest BCUT2D eigenvalue weighted by molar-refractivity contribution is 0.0938. The predicted molar refractivity (Wildman–Crippen MR) is 74.1 cm³/mol. The number of pyridine rings is 1.